The van der Waals surface area contributed by atoms with E-state index >= 15 is 0 Å². The zero-order valence-electron chi connectivity index (χ0n) is 16.1. The minimum absolute atomic E-state index is 0.369. The number of aliphatic imine (C=N–C) groups is 1. The minimum Gasteiger partial charge on any atom is -0.493 e. The molecule has 2 aromatic rings. The molecule has 152 valence electrons. The van der Waals surface area contributed by atoms with Gasteiger partial charge in [-0.3, -0.25) is 4.99 Å². The third-order valence-electron chi connectivity index (χ3n) is 4.12. The highest BCUT2D eigenvalue weighted by atomic mass is 19.4. The molecule has 0 aromatic heterocycles. The van der Waals surface area contributed by atoms with E-state index in [0.29, 0.717) is 30.5 Å². The molecule has 0 unspecified atom stereocenters. The summed E-state index contributed by atoms with van der Waals surface area (Å²) in [5.74, 6) is 1.92. The molecule has 0 fully saturated rings. The molecule has 0 saturated carbocycles. The smallest absolute Gasteiger partial charge is 0.416 e. The molecule has 2 aromatic carbocycles. The van der Waals surface area contributed by atoms with Crippen LogP contribution in [0, 0.1) is 0 Å². The predicted molar refractivity (Wildman–Crippen MR) is 103 cm³/mol. The Kier molecular flexibility index (Phi) is 7.54. The highest BCUT2D eigenvalue weighted by Gasteiger charge is 2.29. The summed E-state index contributed by atoms with van der Waals surface area (Å²) < 4.78 is 48.3. The summed E-state index contributed by atoms with van der Waals surface area (Å²) in [4.78, 5) is 4.12. The summed E-state index contributed by atoms with van der Waals surface area (Å²) in [5.41, 5.74) is 1.15. The normalized spacial score (nSPS) is 11.9. The monoisotopic (exact) mass is 395 g/mol. The van der Waals surface area contributed by atoms with Gasteiger partial charge in [-0.1, -0.05) is 18.2 Å². The molecule has 28 heavy (non-hydrogen) atoms. The van der Waals surface area contributed by atoms with Crippen LogP contribution >= 0.6 is 0 Å². The Morgan fingerprint density at radius 3 is 2.14 bits per heavy atom. The van der Waals surface area contributed by atoms with Crippen molar-refractivity contribution in [1.82, 2.24) is 10.6 Å². The van der Waals surface area contributed by atoms with Gasteiger partial charge in [-0.2, -0.15) is 13.2 Å². The number of hydrogen-bond donors (Lipinski definition) is 2. The minimum atomic E-state index is -4.33. The van der Waals surface area contributed by atoms with Gasteiger partial charge >= 0.3 is 6.18 Å². The van der Waals surface area contributed by atoms with Crippen molar-refractivity contribution in [2.45, 2.75) is 19.1 Å². The second kappa shape index (κ2) is 9.87. The summed E-state index contributed by atoms with van der Waals surface area (Å²) in [5, 5.41) is 6.26. The van der Waals surface area contributed by atoms with Crippen LogP contribution < -0.4 is 20.1 Å². The van der Waals surface area contributed by atoms with Gasteiger partial charge in [-0.15, -0.1) is 0 Å². The highest BCUT2D eigenvalue weighted by molar-refractivity contribution is 5.79. The van der Waals surface area contributed by atoms with E-state index in [0.717, 1.165) is 29.7 Å². The zero-order chi connectivity index (χ0) is 20.6. The standard InChI is InChI=1S/C20H24F3N3O2/c1-24-19(26-13-15-4-7-16(8-5-15)20(21,22)23)25-11-10-14-6-9-17(27-2)18(12-14)28-3/h4-9,12H,10-11,13H2,1-3H3,(H2,24,25,26). The molecular weight excluding hydrogens is 371 g/mol. The zero-order valence-corrected chi connectivity index (χ0v) is 16.1. The largest absolute Gasteiger partial charge is 0.493 e. The predicted octanol–water partition coefficient (Wildman–Crippen LogP) is 3.63. The average molecular weight is 395 g/mol. The molecule has 0 spiro atoms. The molecular formula is C20H24F3N3O2. The van der Waals surface area contributed by atoms with Gasteiger partial charge in [-0.25, -0.2) is 0 Å². The van der Waals surface area contributed by atoms with E-state index in [1.165, 1.54) is 12.1 Å². The first-order chi connectivity index (χ1) is 13.4. The second-order valence-electron chi connectivity index (χ2n) is 5.99. The fraction of sp³-hybridized carbons (Fsp3) is 0.350. The van der Waals surface area contributed by atoms with Crippen molar-refractivity contribution in [2.24, 2.45) is 4.99 Å². The topological polar surface area (TPSA) is 54.9 Å². The van der Waals surface area contributed by atoms with Crippen molar-refractivity contribution in [1.29, 1.82) is 0 Å². The highest BCUT2D eigenvalue weighted by Crippen LogP contribution is 2.29. The number of nitrogens with zero attached hydrogens (tertiary/aromatic N) is 1. The number of halogens is 3. The van der Waals surface area contributed by atoms with Crippen LogP contribution in [0.4, 0.5) is 13.2 Å². The van der Waals surface area contributed by atoms with Crippen LogP contribution in [0.15, 0.2) is 47.5 Å². The van der Waals surface area contributed by atoms with Crippen molar-refractivity contribution in [3.05, 3.63) is 59.2 Å². The lowest BCUT2D eigenvalue weighted by Crippen LogP contribution is -2.37. The van der Waals surface area contributed by atoms with Gasteiger partial charge in [0.05, 0.1) is 19.8 Å². The molecule has 0 radical (unpaired) electrons. The molecule has 8 heteroatoms. The van der Waals surface area contributed by atoms with Crippen LogP contribution in [0.1, 0.15) is 16.7 Å². The third-order valence-corrected chi connectivity index (χ3v) is 4.12. The van der Waals surface area contributed by atoms with Crippen molar-refractivity contribution in [2.75, 3.05) is 27.8 Å². The van der Waals surface area contributed by atoms with Crippen molar-refractivity contribution >= 4 is 5.96 Å². The maximum absolute atomic E-state index is 12.6. The molecule has 0 bridgehead atoms. The van der Waals surface area contributed by atoms with Gasteiger partial charge in [0.25, 0.3) is 0 Å². The number of benzene rings is 2. The van der Waals surface area contributed by atoms with E-state index in [1.807, 2.05) is 18.2 Å². The average Bonchev–Trinajstić information content (AvgIpc) is 2.70. The van der Waals surface area contributed by atoms with Crippen molar-refractivity contribution < 1.29 is 22.6 Å². The third kappa shape index (κ3) is 6.07. The van der Waals surface area contributed by atoms with Gasteiger partial charge in [0.15, 0.2) is 17.5 Å². The van der Waals surface area contributed by atoms with E-state index in [2.05, 4.69) is 15.6 Å². The van der Waals surface area contributed by atoms with Crippen LogP contribution in [0.25, 0.3) is 0 Å². The molecule has 2 rings (SSSR count). The Bertz CT molecular complexity index is 790. The fourth-order valence-corrected chi connectivity index (χ4v) is 2.58. The van der Waals surface area contributed by atoms with E-state index in [-0.39, 0.29) is 0 Å². The van der Waals surface area contributed by atoms with E-state index < -0.39 is 11.7 Å². The van der Waals surface area contributed by atoms with Gasteiger partial charge in [0.1, 0.15) is 0 Å². The number of alkyl halides is 3. The summed E-state index contributed by atoms with van der Waals surface area (Å²) in [7, 11) is 4.82. The molecule has 0 saturated heterocycles. The summed E-state index contributed by atoms with van der Waals surface area (Å²) in [6.45, 7) is 0.996. The van der Waals surface area contributed by atoms with Crippen LogP contribution in [0.3, 0.4) is 0 Å². The van der Waals surface area contributed by atoms with Gasteiger partial charge in [0, 0.05) is 20.1 Å². The molecule has 0 atom stereocenters. The summed E-state index contributed by atoms with van der Waals surface area (Å²) in [6.07, 6.45) is -3.59. The lowest BCUT2D eigenvalue weighted by Gasteiger charge is -2.13. The Labute approximate surface area is 162 Å². The Balaban J connectivity index is 1.83. The quantitative estimate of drug-likeness (QED) is 0.555. The Morgan fingerprint density at radius 2 is 1.57 bits per heavy atom. The Hall–Kier alpha value is -2.90. The number of nitrogens with one attached hydrogen (secondary N) is 2. The first-order valence-corrected chi connectivity index (χ1v) is 8.69. The Morgan fingerprint density at radius 1 is 0.929 bits per heavy atom. The lowest BCUT2D eigenvalue weighted by atomic mass is 10.1. The van der Waals surface area contributed by atoms with Crippen LogP contribution in [0.2, 0.25) is 0 Å². The number of methoxy groups -OCH3 is 2. The first-order valence-electron chi connectivity index (χ1n) is 8.69. The van der Waals surface area contributed by atoms with Crippen LogP contribution in [-0.2, 0) is 19.1 Å². The SMILES string of the molecule is CN=C(NCCc1ccc(OC)c(OC)c1)NCc1ccc(C(F)(F)F)cc1. The number of hydrogen-bond acceptors (Lipinski definition) is 3. The number of rotatable bonds is 7. The van der Waals surface area contributed by atoms with E-state index in [1.54, 1.807) is 21.3 Å². The maximum Gasteiger partial charge on any atom is 0.416 e. The van der Waals surface area contributed by atoms with E-state index in [9.17, 15) is 13.2 Å². The molecule has 0 heterocycles. The number of guanidine groups is 1. The van der Waals surface area contributed by atoms with Crippen LogP contribution in [0.5, 0.6) is 11.5 Å². The summed E-state index contributed by atoms with van der Waals surface area (Å²) in [6, 6.07) is 10.8. The maximum atomic E-state index is 12.6. The second-order valence-corrected chi connectivity index (χ2v) is 5.99. The molecule has 0 aliphatic heterocycles. The molecule has 0 aliphatic rings. The van der Waals surface area contributed by atoms with Crippen LogP contribution in [-0.4, -0.2) is 33.8 Å². The van der Waals surface area contributed by atoms with E-state index in [4.69, 9.17) is 9.47 Å². The van der Waals surface area contributed by atoms with Crippen molar-refractivity contribution in [3.8, 4) is 11.5 Å². The molecule has 0 amide bonds. The molecule has 5 nitrogen and oxygen atoms in total. The fourth-order valence-electron chi connectivity index (χ4n) is 2.58. The first kappa shape index (κ1) is 21.4. The van der Waals surface area contributed by atoms with Gasteiger partial charge in [-0.05, 0) is 41.8 Å². The van der Waals surface area contributed by atoms with Crippen molar-refractivity contribution in [3.63, 3.8) is 0 Å². The molecule has 0 aliphatic carbocycles. The molecule has 2 N–H and O–H groups in total. The lowest BCUT2D eigenvalue weighted by molar-refractivity contribution is -0.137. The van der Waals surface area contributed by atoms with Gasteiger partial charge in [0.2, 0.25) is 0 Å². The van der Waals surface area contributed by atoms with Gasteiger partial charge < -0.3 is 20.1 Å². The number of ether oxygens (including phenoxy) is 2. The summed E-state index contributed by atoms with van der Waals surface area (Å²) >= 11 is 0.